The van der Waals surface area contributed by atoms with Crippen LogP contribution in [0.15, 0.2) is 64.1 Å². The summed E-state index contributed by atoms with van der Waals surface area (Å²) in [6.45, 7) is 7.76. The summed E-state index contributed by atoms with van der Waals surface area (Å²) in [5.74, 6) is 0.827. The van der Waals surface area contributed by atoms with Crippen molar-refractivity contribution in [3.05, 3.63) is 77.2 Å². The summed E-state index contributed by atoms with van der Waals surface area (Å²) in [4.78, 5) is 17.9. The summed E-state index contributed by atoms with van der Waals surface area (Å²) in [5, 5.41) is 4.20. The van der Waals surface area contributed by atoms with E-state index in [1.165, 1.54) is 0 Å². The van der Waals surface area contributed by atoms with Crippen molar-refractivity contribution in [1.82, 2.24) is 5.16 Å². The average molecular weight is 372 g/mol. The molecule has 0 aliphatic carbocycles. The molecular weight excluding hydrogens is 348 g/mol. The Morgan fingerprint density at radius 2 is 1.64 bits per heavy atom. The van der Waals surface area contributed by atoms with E-state index in [-0.39, 0.29) is 12.2 Å². The van der Waals surface area contributed by atoms with Crippen molar-refractivity contribution in [2.75, 3.05) is 0 Å². The molecular formula is C24H24N2O2. The highest BCUT2D eigenvalue weighted by molar-refractivity contribution is 6.17. The number of benzene rings is 2. The number of hydrogen-bond acceptors (Lipinski definition) is 4. The van der Waals surface area contributed by atoms with Crippen molar-refractivity contribution < 1.29 is 9.32 Å². The van der Waals surface area contributed by atoms with Gasteiger partial charge in [0, 0.05) is 23.0 Å². The molecule has 1 atom stereocenters. The number of fused-ring (bicyclic) bond motifs is 3. The molecule has 142 valence electrons. The van der Waals surface area contributed by atoms with Gasteiger partial charge in [-0.2, -0.15) is 0 Å². The smallest absolute Gasteiger partial charge is 0.169 e. The average Bonchev–Trinajstić information content (AvgIpc) is 2.99. The molecule has 0 saturated heterocycles. The van der Waals surface area contributed by atoms with E-state index >= 15 is 0 Å². The maximum atomic E-state index is 12.8. The quantitative estimate of drug-likeness (QED) is 0.606. The maximum Gasteiger partial charge on any atom is 0.169 e. The maximum absolute atomic E-state index is 12.8. The molecule has 0 saturated carbocycles. The number of Topliss-reactive ketones (excluding diaryl/α,β-unsaturated/α-hetero) is 1. The van der Waals surface area contributed by atoms with Gasteiger partial charge in [0.25, 0.3) is 0 Å². The van der Waals surface area contributed by atoms with Crippen LogP contribution in [0.3, 0.4) is 0 Å². The number of carbonyl (C=O) groups is 1. The van der Waals surface area contributed by atoms with Crippen LogP contribution in [0.4, 0.5) is 0 Å². The van der Waals surface area contributed by atoms with Gasteiger partial charge in [0.15, 0.2) is 5.76 Å². The molecule has 1 aromatic heterocycles. The third-order valence-corrected chi connectivity index (χ3v) is 5.19. The van der Waals surface area contributed by atoms with E-state index < -0.39 is 11.5 Å². The number of carbonyl (C=O) groups excluding carboxylic acids is 1. The lowest BCUT2D eigenvalue weighted by Gasteiger charge is -2.19. The molecule has 0 spiro atoms. The van der Waals surface area contributed by atoms with E-state index in [9.17, 15) is 4.79 Å². The Morgan fingerprint density at radius 3 is 2.32 bits per heavy atom. The van der Waals surface area contributed by atoms with E-state index in [0.29, 0.717) is 5.76 Å². The lowest BCUT2D eigenvalue weighted by atomic mass is 9.86. The van der Waals surface area contributed by atoms with Gasteiger partial charge < -0.3 is 4.52 Å². The van der Waals surface area contributed by atoms with Crippen LogP contribution < -0.4 is 0 Å². The first-order chi connectivity index (χ1) is 13.4. The zero-order valence-electron chi connectivity index (χ0n) is 16.7. The van der Waals surface area contributed by atoms with Gasteiger partial charge in [-0.3, -0.25) is 9.79 Å². The minimum absolute atomic E-state index is 0.152. The van der Waals surface area contributed by atoms with Crippen molar-refractivity contribution in [2.45, 2.75) is 40.2 Å². The van der Waals surface area contributed by atoms with Crippen molar-refractivity contribution >= 4 is 11.5 Å². The van der Waals surface area contributed by atoms with Crippen molar-refractivity contribution in [3.8, 4) is 11.1 Å². The molecule has 1 aliphatic rings. The lowest BCUT2D eigenvalue weighted by Crippen LogP contribution is -2.22. The van der Waals surface area contributed by atoms with Crippen LogP contribution >= 0.6 is 0 Å². The topological polar surface area (TPSA) is 55.5 Å². The standard InChI is InChI=1S/C24H24N2O2/c1-15-21-17-12-8-9-13-18(17)22(16-10-6-5-7-11-16)25-19(23(21)28-26-15)14-20(27)24(2,3)4/h5-13,19H,14H2,1-4H3/t19-/m0/s1. The molecule has 0 unspecified atom stereocenters. The second-order valence-electron chi connectivity index (χ2n) is 8.29. The summed E-state index contributed by atoms with van der Waals surface area (Å²) < 4.78 is 5.72. The van der Waals surface area contributed by atoms with E-state index in [4.69, 9.17) is 9.52 Å². The molecule has 28 heavy (non-hydrogen) atoms. The number of aromatic nitrogens is 1. The molecule has 4 heteroatoms. The molecule has 4 rings (SSSR count). The molecule has 2 aromatic carbocycles. The van der Waals surface area contributed by atoms with Gasteiger partial charge in [0.05, 0.1) is 17.0 Å². The van der Waals surface area contributed by atoms with E-state index in [1.807, 2.05) is 58.0 Å². The Bertz CT molecular complexity index is 1060. The number of rotatable bonds is 3. The first-order valence-electron chi connectivity index (χ1n) is 9.58. The second-order valence-corrected chi connectivity index (χ2v) is 8.29. The molecule has 0 fully saturated rings. The van der Waals surface area contributed by atoms with Gasteiger partial charge in [-0.15, -0.1) is 0 Å². The SMILES string of the molecule is Cc1noc2c1-c1ccccc1C(c1ccccc1)=N[C@H]2CC(=O)C(C)(C)C. The van der Waals surface area contributed by atoms with Crippen LogP contribution in [0.1, 0.15) is 55.8 Å². The Kier molecular flexibility index (Phi) is 4.50. The van der Waals surface area contributed by atoms with Gasteiger partial charge in [0.1, 0.15) is 11.8 Å². The van der Waals surface area contributed by atoms with Crippen LogP contribution in [0, 0.1) is 12.3 Å². The lowest BCUT2D eigenvalue weighted by molar-refractivity contribution is -0.126. The van der Waals surface area contributed by atoms with E-state index in [0.717, 1.165) is 33.7 Å². The van der Waals surface area contributed by atoms with Crippen molar-refractivity contribution in [1.29, 1.82) is 0 Å². The summed E-state index contributed by atoms with van der Waals surface area (Å²) in [5.41, 5.74) is 5.33. The van der Waals surface area contributed by atoms with E-state index in [1.54, 1.807) is 0 Å². The first kappa shape index (κ1) is 18.4. The largest absolute Gasteiger partial charge is 0.358 e. The van der Waals surface area contributed by atoms with Crippen molar-refractivity contribution in [2.24, 2.45) is 10.4 Å². The highest BCUT2D eigenvalue weighted by Crippen LogP contribution is 2.41. The fraction of sp³-hybridized carbons (Fsp3) is 0.292. The minimum atomic E-state index is -0.434. The fourth-order valence-electron chi connectivity index (χ4n) is 3.58. The van der Waals surface area contributed by atoms with Crippen LogP contribution in [-0.4, -0.2) is 16.7 Å². The number of aliphatic imine (C=N–C) groups is 1. The number of ketones is 1. The molecule has 0 bridgehead atoms. The van der Waals surface area contributed by atoms with Gasteiger partial charge in [-0.25, -0.2) is 0 Å². The number of aryl methyl sites for hydroxylation is 1. The van der Waals surface area contributed by atoms with Crippen molar-refractivity contribution in [3.63, 3.8) is 0 Å². The molecule has 4 nitrogen and oxygen atoms in total. The van der Waals surface area contributed by atoms with Crippen LogP contribution in [-0.2, 0) is 4.79 Å². The second kappa shape index (κ2) is 6.86. The zero-order valence-corrected chi connectivity index (χ0v) is 16.7. The van der Waals surface area contributed by atoms with Crippen LogP contribution in [0.5, 0.6) is 0 Å². The zero-order chi connectivity index (χ0) is 19.9. The summed E-state index contributed by atoms with van der Waals surface area (Å²) >= 11 is 0. The normalized spacial score (nSPS) is 16.0. The summed E-state index contributed by atoms with van der Waals surface area (Å²) in [7, 11) is 0. The minimum Gasteiger partial charge on any atom is -0.358 e. The highest BCUT2D eigenvalue weighted by Gasteiger charge is 2.33. The van der Waals surface area contributed by atoms with Crippen LogP contribution in [0.2, 0.25) is 0 Å². The highest BCUT2D eigenvalue weighted by atomic mass is 16.5. The molecule has 3 aromatic rings. The van der Waals surface area contributed by atoms with Gasteiger partial charge in [0.2, 0.25) is 0 Å². The third kappa shape index (κ3) is 3.19. The molecule has 0 amide bonds. The molecule has 2 heterocycles. The summed E-state index contributed by atoms with van der Waals surface area (Å²) in [6.07, 6.45) is 0.287. The number of nitrogens with zero attached hydrogens (tertiary/aromatic N) is 2. The third-order valence-electron chi connectivity index (χ3n) is 5.19. The van der Waals surface area contributed by atoms with Crippen LogP contribution in [0.25, 0.3) is 11.1 Å². The van der Waals surface area contributed by atoms with Gasteiger partial charge >= 0.3 is 0 Å². The number of hydrogen-bond donors (Lipinski definition) is 0. The Morgan fingerprint density at radius 1 is 1.00 bits per heavy atom. The first-order valence-corrected chi connectivity index (χ1v) is 9.58. The van der Waals surface area contributed by atoms with E-state index in [2.05, 4.69) is 29.4 Å². The fourth-order valence-corrected chi connectivity index (χ4v) is 3.58. The predicted octanol–water partition coefficient (Wildman–Crippen LogP) is 5.55. The summed E-state index contributed by atoms with van der Waals surface area (Å²) in [6, 6.07) is 17.9. The Hall–Kier alpha value is -3.01. The Balaban J connectivity index is 1.94. The van der Waals surface area contributed by atoms with Gasteiger partial charge in [-0.05, 0) is 12.5 Å². The molecule has 0 radical (unpaired) electrons. The monoisotopic (exact) mass is 372 g/mol. The molecule has 0 N–H and O–H groups in total. The van der Waals surface area contributed by atoms with Gasteiger partial charge in [-0.1, -0.05) is 80.5 Å². The predicted molar refractivity (Wildman–Crippen MR) is 111 cm³/mol. The molecule has 1 aliphatic heterocycles. The Labute approximate surface area is 165 Å².